The van der Waals surface area contributed by atoms with Crippen LogP contribution in [0.25, 0.3) is 5.70 Å². The van der Waals surface area contributed by atoms with Gasteiger partial charge in [-0.3, -0.25) is 16.2 Å². The van der Waals surface area contributed by atoms with Crippen LogP contribution in [-0.4, -0.2) is 6.18 Å². The quantitative estimate of drug-likeness (QED) is 0.474. The monoisotopic (exact) mass is 417 g/mol. The van der Waals surface area contributed by atoms with E-state index in [9.17, 15) is 13.2 Å². The van der Waals surface area contributed by atoms with Crippen molar-refractivity contribution < 1.29 is 18.0 Å². The fourth-order valence-electron chi connectivity index (χ4n) is 2.94. The molecule has 9 heteroatoms. The molecule has 1 aliphatic heterocycles. The second kappa shape index (κ2) is 7.24. The molecule has 0 aliphatic carbocycles. The fourth-order valence-corrected chi connectivity index (χ4v) is 3.47. The molecule has 144 valence electrons. The normalized spacial score (nSPS) is 19.6. The Morgan fingerprint density at radius 2 is 1.81 bits per heavy atom. The minimum absolute atomic E-state index is 0.0773. The van der Waals surface area contributed by atoms with E-state index < -0.39 is 11.8 Å². The molecule has 2 aromatic carbocycles. The van der Waals surface area contributed by atoms with Crippen LogP contribution in [0.2, 0.25) is 10.0 Å². The summed E-state index contributed by atoms with van der Waals surface area (Å²) in [6.07, 6.45) is -3.07. The molecule has 2 aromatic rings. The molecule has 0 saturated carbocycles. The van der Waals surface area contributed by atoms with Gasteiger partial charge in [0.05, 0.1) is 11.4 Å². The first kappa shape index (κ1) is 19.8. The molecule has 0 amide bonds. The van der Waals surface area contributed by atoms with Gasteiger partial charge in [0.2, 0.25) is 5.60 Å². The number of benzene rings is 2. The number of alkyl halides is 3. The highest BCUT2D eigenvalue weighted by Crippen LogP contribution is 2.48. The third-order valence-corrected chi connectivity index (χ3v) is 4.78. The number of hydrogen-bond donors (Lipinski definition) is 3. The van der Waals surface area contributed by atoms with Crippen molar-refractivity contribution in [3.8, 4) is 0 Å². The second-order valence-corrected chi connectivity index (χ2v) is 6.90. The van der Waals surface area contributed by atoms with Gasteiger partial charge in [-0.05, 0) is 42.3 Å². The van der Waals surface area contributed by atoms with E-state index in [1.54, 1.807) is 18.2 Å². The lowest BCUT2D eigenvalue weighted by Crippen LogP contribution is -2.42. The Hall–Kier alpha value is -1.93. The van der Waals surface area contributed by atoms with Crippen LogP contribution >= 0.6 is 23.2 Å². The highest BCUT2D eigenvalue weighted by atomic mass is 35.5. The van der Waals surface area contributed by atoms with Crippen molar-refractivity contribution in [2.45, 2.75) is 25.1 Å². The van der Waals surface area contributed by atoms with E-state index in [1.807, 2.05) is 6.92 Å². The summed E-state index contributed by atoms with van der Waals surface area (Å²) in [6.45, 7) is 1.95. The smallest absolute Gasteiger partial charge is 0.324 e. The maximum atomic E-state index is 14.0. The predicted molar refractivity (Wildman–Crippen MR) is 100 cm³/mol. The van der Waals surface area contributed by atoms with Crippen LogP contribution in [0.5, 0.6) is 0 Å². The summed E-state index contributed by atoms with van der Waals surface area (Å²) in [4.78, 5) is 5.06. The van der Waals surface area contributed by atoms with E-state index in [0.29, 0.717) is 11.3 Å². The Balaban J connectivity index is 2.12. The van der Waals surface area contributed by atoms with Gasteiger partial charge < -0.3 is 5.43 Å². The lowest BCUT2D eigenvalue weighted by molar-refractivity contribution is -0.269. The van der Waals surface area contributed by atoms with Crippen LogP contribution in [0.3, 0.4) is 0 Å². The second-order valence-electron chi connectivity index (χ2n) is 6.02. The van der Waals surface area contributed by atoms with Crippen molar-refractivity contribution in [1.82, 2.24) is 5.48 Å². The topological polar surface area (TPSA) is 59.3 Å². The zero-order chi connectivity index (χ0) is 19.8. The van der Waals surface area contributed by atoms with Crippen LogP contribution in [0.15, 0.2) is 42.5 Å². The molecule has 1 aliphatic rings. The average molecular weight is 418 g/mol. The first-order valence-corrected chi connectivity index (χ1v) is 8.76. The van der Waals surface area contributed by atoms with Crippen molar-refractivity contribution in [3.63, 3.8) is 0 Å². The van der Waals surface area contributed by atoms with Gasteiger partial charge in [0.15, 0.2) is 0 Å². The molecule has 1 unspecified atom stereocenters. The number of halogens is 5. The Morgan fingerprint density at radius 1 is 1.15 bits per heavy atom. The number of nitrogens with one attached hydrogen (secondary N) is 2. The van der Waals surface area contributed by atoms with E-state index >= 15 is 0 Å². The SMILES string of the molecule is CCc1ccc(C2=CC(c3cc(Cl)cc(Cl)c3)(C(F)(F)F)ON2)cc1NN. The first-order chi connectivity index (χ1) is 12.7. The van der Waals surface area contributed by atoms with Gasteiger partial charge in [0, 0.05) is 21.2 Å². The molecule has 0 bridgehead atoms. The largest absolute Gasteiger partial charge is 0.428 e. The van der Waals surface area contributed by atoms with Crippen molar-refractivity contribution >= 4 is 34.6 Å². The standard InChI is InChI=1S/C18H16Cl2F3N3O/c1-2-10-3-4-11(5-15(10)25-24)16-9-17(27-26-16,18(21,22)23)12-6-13(19)8-14(20)7-12/h3-9,25-26H,2,24H2,1H3. The first-order valence-electron chi connectivity index (χ1n) is 8.00. The molecule has 3 rings (SSSR count). The molecule has 27 heavy (non-hydrogen) atoms. The van der Waals surface area contributed by atoms with Crippen LogP contribution in [0.4, 0.5) is 18.9 Å². The Kier molecular flexibility index (Phi) is 5.31. The summed E-state index contributed by atoms with van der Waals surface area (Å²) in [5.74, 6) is 5.51. The summed E-state index contributed by atoms with van der Waals surface area (Å²) in [5, 5.41) is 0.155. The van der Waals surface area contributed by atoms with Crippen LogP contribution in [0, 0.1) is 0 Å². The van der Waals surface area contributed by atoms with Gasteiger partial charge >= 0.3 is 6.18 Å². The summed E-state index contributed by atoms with van der Waals surface area (Å²) in [7, 11) is 0. The van der Waals surface area contributed by atoms with Crippen LogP contribution in [-0.2, 0) is 16.9 Å². The number of nitrogens with two attached hydrogens (primary N) is 1. The number of nitrogen functional groups attached to an aromatic ring is 1. The van der Waals surface area contributed by atoms with E-state index in [-0.39, 0.29) is 21.3 Å². The molecular formula is C18H16Cl2F3N3O. The summed E-state index contributed by atoms with van der Waals surface area (Å²) in [5.41, 5.74) is 4.18. The number of hydrogen-bond acceptors (Lipinski definition) is 4. The minimum Gasteiger partial charge on any atom is -0.324 e. The Bertz CT molecular complexity index is 882. The number of hydrazine groups is 1. The number of aryl methyl sites for hydroxylation is 1. The zero-order valence-electron chi connectivity index (χ0n) is 14.1. The Morgan fingerprint density at radius 3 is 2.37 bits per heavy atom. The van der Waals surface area contributed by atoms with Gasteiger partial charge in [-0.15, -0.1) is 0 Å². The molecule has 1 atom stereocenters. The minimum atomic E-state index is -4.76. The van der Waals surface area contributed by atoms with Gasteiger partial charge in [0.25, 0.3) is 0 Å². The van der Waals surface area contributed by atoms with Gasteiger partial charge in [0.1, 0.15) is 0 Å². The van der Waals surface area contributed by atoms with E-state index in [2.05, 4.69) is 10.9 Å². The number of hydroxylamine groups is 1. The molecule has 1 heterocycles. The lowest BCUT2D eigenvalue weighted by atomic mass is 9.91. The van der Waals surface area contributed by atoms with E-state index in [4.69, 9.17) is 33.9 Å². The molecule has 4 nitrogen and oxygen atoms in total. The van der Waals surface area contributed by atoms with Crippen molar-refractivity contribution in [3.05, 3.63) is 69.2 Å². The third kappa shape index (κ3) is 3.60. The van der Waals surface area contributed by atoms with Crippen molar-refractivity contribution in [2.24, 2.45) is 5.84 Å². The summed E-state index contributed by atoms with van der Waals surface area (Å²) < 4.78 is 42.0. The highest BCUT2D eigenvalue weighted by molar-refractivity contribution is 6.34. The summed E-state index contributed by atoms with van der Waals surface area (Å²) >= 11 is 11.8. The highest BCUT2D eigenvalue weighted by Gasteiger charge is 2.59. The molecule has 0 aromatic heterocycles. The average Bonchev–Trinajstić information content (AvgIpc) is 3.07. The van der Waals surface area contributed by atoms with E-state index in [0.717, 1.165) is 18.1 Å². The van der Waals surface area contributed by atoms with Crippen LogP contribution < -0.4 is 16.7 Å². The van der Waals surface area contributed by atoms with Crippen LogP contribution in [0.1, 0.15) is 23.6 Å². The zero-order valence-corrected chi connectivity index (χ0v) is 15.6. The molecule has 4 N–H and O–H groups in total. The van der Waals surface area contributed by atoms with Gasteiger partial charge in [-0.25, -0.2) is 0 Å². The van der Waals surface area contributed by atoms with E-state index in [1.165, 1.54) is 18.2 Å². The third-order valence-electron chi connectivity index (χ3n) is 4.34. The maximum Gasteiger partial charge on any atom is 0.428 e. The molecule has 0 radical (unpaired) electrons. The number of rotatable bonds is 4. The maximum absolute atomic E-state index is 14.0. The molecule has 0 spiro atoms. The fraction of sp³-hybridized carbons (Fsp3) is 0.222. The summed E-state index contributed by atoms with van der Waals surface area (Å²) in [6, 6.07) is 8.84. The molecule has 0 fully saturated rings. The van der Waals surface area contributed by atoms with Crippen molar-refractivity contribution in [2.75, 3.05) is 5.43 Å². The predicted octanol–water partition coefficient (Wildman–Crippen LogP) is 5.17. The molecular weight excluding hydrogens is 402 g/mol. The van der Waals surface area contributed by atoms with Crippen molar-refractivity contribution in [1.29, 1.82) is 0 Å². The van der Waals surface area contributed by atoms with Gasteiger partial charge in [-0.1, -0.05) is 42.3 Å². The Labute approximate surface area is 164 Å². The molecule has 0 saturated heterocycles. The lowest BCUT2D eigenvalue weighted by Gasteiger charge is -2.28. The van der Waals surface area contributed by atoms with Gasteiger partial charge in [-0.2, -0.15) is 13.2 Å². The number of anilines is 1.